The highest BCUT2D eigenvalue weighted by Crippen LogP contribution is 2.43. The zero-order valence-electron chi connectivity index (χ0n) is 18.2. The molecule has 2 aromatic carbocycles. The summed E-state index contributed by atoms with van der Waals surface area (Å²) in [6, 6.07) is 11.0. The Balaban J connectivity index is 1.40. The summed E-state index contributed by atoms with van der Waals surface area (Å²) in [6.07, 6.45) is 4.53. The number of carbonyl (C=O) groups is 1. The van der Waals surface area contributed by atoms with Crippen LogP contribution < -0.4 is 0 Å². The van der Waals surface area contributed by atoms with Gasteiger partial charge in [-0.2, -0.15) is 5.10 Å². The van der Waals surface area contributed by atoms with Crippen molar-refractivity contribution in [2.75, 3.05) is 19.7 Å². The molecule has 32 heavy (non-hydrogen) atoms. The monoisotopic (exact) mass is 437 g/mol. The maximum Gasteiger partial charge on any atom is 0.407 e. The van der Waals surface area contributed by atoms with Crippen molar-refractivity contribution in [1.82, 2.24) is 15.1 Å². The third-order valence-corrected chi connectivity index (χ3v) is 7.15. The number of likely N-dealkylation sites (tertiary alicyclic amines) is 1. The van der Waals surface area contributed by atoms with Crippen molar-refractivity contribution in [1.29, 1.82) is 0 Å². The van der Waals surface area contributed by atoms with E-state index >= 15 is 0 Å². The molecule has 168 valence electrons. The molecule has 1 aromatic heterocycles. The molecule has 1 aliphatic carbocycles. The van der Waals surface area contributed by atoms with E-state index in [0.29, 0.717) is 38.5 Å². The van der Waals surface area contributed by atoms with E-state index in [2.05, 4.69) is 29.3 Å². The van der Waals surface area contributed by atoms with Crippen LogP contribution in [-0.4, -0.2) is 46.0 Å². The molecule has 1 atom stereocenters. The second-order valence-corrected chi connectivity index (χ2v) is 9.23. The third-order valence-electron chi connectivity index (χ3n) is 7.15. The maximum atomic E-state index is 13.6. The van der Waals surface area contributed by atoms with Crippen molar-refractivity contribution in [3.8, 4) is 0 Å². The molecule has 1 unspecified atom stereocenters. The Morgan fingerprint density at radius 2 is 2.00 bits per heavy atom. The van der Waals surface area contributed by atoms with E-state index in [1.165, 1.54) is 35.4 Å². The van der Waals surface area contributed by atoms with Crippen LogP contribution in [0.4, 0.5) is 9.18 Å². The van der Waals surface area contributed by atoms with Gasteiger partial charge in [-0.05, 0) is 67.9 Å². The smallest absolute Gasteiger partial charge is 0.407 e. The van der Waals surface area contributed by atoms with Crippen LogP contribution in [0.15, 0.2) is 42.6 Å². The molecule has 2 aliphatic rings. The second kappa shape index (κ2) is 8.20. The minimum atomic E-state index is -0.898. The molecule has 0 radical (unpaired) electrons. The molecule has 6 nitrogen and oxygen atoms in total. The Hall–Kier alpha value is -2.93. The number of nitrogens with one attached hydrogen (secondary N) is 1. The lowest BCUT2D eigenvalue weighted by Gasteiger charge is -2.41. The molecule has 1 saturated heterocycles. The van der Waals surface area contributed by atoms with Crippen molar-refractivity contribution in [3.05, 3.63) is 65.1 Å². The highest BCUT2D eigenvalue weighted by atomic mass is 19.1. The van der Waals surface area contributed by atoms with E-state index in [0.717, 1.165) is 22.0 Å². The lowest BCUT2D eigenvalue weighted by Crippen LogP contribution is -2.47. The number of aromatic amines is 1. The van der Waals surface area contributed by atoms with Gasteiger partial charge in [0.1, 0.15) is 5.82 Å². The topological polar surface area (TPSA) is 78.4 Å². The average Bonchev–Trinajstić information content (AvgIpc) is 3.54. The van der Waals surface area contributed by atoms with Crippen LogP contribution in [0, 0.1) is 5.82 Å². The van der Waals surface area contributed by atoms with Crippen LogP contribution >= 0.6 is 0 Å². The summed E-state index contributed by atoms with van der Waals surface area (Å²) in [5.74, 6) is 0.353. The summed E-state index contributed by atoms with van der Waals surface area (Å²) >= 11 is 0. The molecule has 7 heteroatoms. The van der Waals surface area contributed by atoms with Crippen molar-refractivity contribution in [2.45, 2.75) is 50.0 Å². The number of nitrogens with zero attached hydrogens (tertiary/aromatic N) is 2. The fraction of sp³-hybridized carbons (Fsp3) is 0.440. The Morgan fingerprint density at radius 3 is 2.66 bits per heavy atom. The molecular formula is C25H28FN3O3. The summed E-state index contributed by atoms with van der Waals surface area (Å²) < 4.78 is 20.1. The van der Waals surface area contributed by atoms with Crippen molar-refractivity contribution < 1.29 is 19.0 Å². The van der Waals surface area contributed by atoms with Gasteiger partial charge in [-0.1, -0.05) is 18.2 Å². The molecule has 1 amide bonds. The number of benzene rings is 2. The number of piperidine rings is 1. The SMILES string of the molecule is CC(OCC1(c2ccc(F)cc2)CCN(C(=O)O)CC1)c1cc(C2CC2)cc2cn[nH]c12. The number of hydrogen-bond donors (Lipinski definition) is 2. The minimum absolute atomic E-state index is 0.161. The Labute approximate surface area is 186 Å². The number of halogens is 1. The van der Waals surface area contributed by atoms with Gasteiger partial charge in [0.05, 0.1) is 24.4 Å². The molecule has 0 spiro atoms. The molecular weight excluding hydrogens is 409 g/mol. The van der Waals surface area contributed by atoms with E-state index in [9.17, 15) is 14.3 Å². The molecule has 3 aromatic rings. The number of fused-ring (bicyclic) bond motifs is 1. The summed E-state index contributed by atoms with van der Waals surface area (Å²) in [5, 5.41) is 17.8. The van der Waals surface area contributed by atoms with Crippen LogP contribution in [-0.2, 0) is 10.2 Å². The fourth-order valence-electron chi connectivity index (χ4n) is 4.90. The van der Waals surface area contributed by atoms with Crippen molar-refractivity contribution >= 4 is 17.0 Å². The molecule has 5 rings (SSSR count). The summed E-state index contributed by atoms with van der Waals surface area (Å²) in [4.78, 5) is 12.9. The van der Waals surface area contributed by atoms with Crippen LogP contribution in [0.1, 0.15) is 61.3 Å². The average molecular weight is 438 g/mol. The molecule has 2 N–H and O–H groups in total. The van der Waals surface area contributed by atoms with Gasteiger partial charge < -0.3 is 14.7 Å². The Kier molecular flexibility index (Phi) is 5.37. The number of aromatic nitrogens is 2. The van der Waals surface area contributed by atoms with Crippen LogP contribution in [0.3, 0.4) is 0 Å². The van der Waals surface area contributed by atoms with Gasteiger partial charge >= 0.3 is 6.09 Å². The van der Waals surface area contributed by atoms with Gasteiger partial charge in [-0.25, -0.2) is 9.18 Å². The van der Waals surface area contributed by atoms with Crippen LogP contribution in [0.2, 0.25) is 0 Å². The first-order chi connectivity index (χ1) is 15.4. The summed E-state index contributed by atoms with van der Waals surface area (Å²) in [7, 11) is 0. The highest BCUT2D eigenvalue weighted by Gasteiger charge is 2.38. The van der Waals surface area contributed by atoms with Gasteiger partial charge in [-0.3, -0.25) is 5.10 Å². The normalized spacial score (nSPS) is 19.2. The van der Waals surface area contributed by atoms with Crippen LogP contribution in [0.5, 0.6) is 0 Å². The zero-order valence-corrected chi connectivity index (χ0v) is 18.2. The zero-order chi connectivity index (χ0) is 22.3. The molecule has 2 fully saturated rings. The number of carboxylic acid groups (broad SMARTS) is 1. The largest absolute Gasteiger partial charge is 0.465 e. The fourth-order valence-corrected chi connectivity index (χ4v) is 4.90. The molecule has 1 saturated carbocycles. The van der Waals surface area contributed by atoms with Gasteiger partial charge in [-0.15, -0.1) is 0 Å². The third kappa shape index (κ3) is 3.97. The van der Waals surface area contributed by atoms with Crippen molar-refractivity contribution in [2.24, 2.45) is 0 Å². The van der Waals surface area contributed by atoms with Crippen LogP contribution in [0.25, 0.3) is 10.9 Å². The number of rotatable bonds is 6. The number of hydrogen-bond acceptors (Lipinski definition) is 3. The van der Waals surface area contributed by atoms with E-state index in [1.807, 2.05) is 6.20 Å². The first-order valence-electron chi connectivity index (χ1n) is 11.3. The Bertz CT molecular complexity index is 1120. The molecule has 1 aliphatic heterocycles. The Morgan fingerprint density at radius 1 is 1.28 bits per heavy atom. The lowest BCUT2D eigenvalue weighted by molar-refractivity contribution is 0.00554. The first-order valence-corrected chi connectivity index (χ1v) is 11.3. The van der Waals surface area contributed by atoms with Crippen molar-refractivity contribution in [3.63, 3.8) is 0 Å². The van der Waals surface area contributed by atoms with E-state index in [4.69, 9.17) is 4.74 Å². The summed E-state index contributed by atoms with van der Waals surface area (Å²) in [5.41, 5.74) is 4.08. The van der Waals surface area contributed by atoms with Gasteiger partial charge in [0, 0.05) is 29.5 Å². The predicted octanol–water partition coefficient (Wildman–Crippen LogP) is 5.37. The quantitative estimate of drug-likeness (QED) is 0.544. The van der Waals surface area contributed by atoms with Gasteiger partial charge in [0.2, 0.25) is 0 Å². The molecule has 0 bridgehead atoms. The number of H-pyrrole nitrogens is 1. The highest BCUT2D eigenvalue weighted by molar-refractivity contribution is 5.82. The van der Waals surface area contributed by atoms with Gasteiger partial charge in [0.25, 0.3) is 0 Å². The lowest BCUT2D eigenvalue weighted by atomic mass is 9.73. The number of ether oxygens (including phenoxy) is 1. The summed E-state index contributed by atoms with van der Waals surface area (Å²) in [6.45, 7) is 3.37. The van der Waals surface area contributed by atoms with Gasteiger partial charge in [0.15, 0.2) is 0 Å². The maximum absolute atomic E-state index is 13.6. The first kappa shape index (κ1) is 20.9. The van der Waals surface area contributed by atoms with E-state index in [1.54, 1.807) is 12.1 Å². The molecule has 2 heterocycles. The predicted molar refractivity (Wildman–Crippen MR) is 119 cm³/mol. The standard InChI is InChI=1S/C25H28FN3O3/c1-16(22-13-18(17-2-3-17)12-19-14-27-28-23(19)22)32-15-25(20-4-6-21(26)7-5-20)8-10-29(11-9-25)24(30)31/h4-7,12-14,16-17H,2-3,8-11,15H2,1H3,(H,27,28)(H,30,31). The van der Waals surface area contributed by atoms with E-state index < -0.39 is 6.09 Å². The number of amides is 1. The minimum Gasteiger partial charge on any atom is -0.465 e. The van der Waals surface area contributed by atoms with E-state index in [-0.39, 0.29) is 17.3 Å². The second-order valence-electron chi connectivity index (χ2n) is 9.23.